The zero-order chi connectivity index (χ0) is 21.3. The van der Waals surface area contributed by atoms with E-state index in [4.69, 9.17) is 0 Å². The van der Waals surface area contributed by atoms with Crippen LogP contribution in [0.5, 0.6) is 0 Å². The van der Waals surface area contributed by atoms with Crippen LogP contribution in [0.4, 0.5) is 11.4 Å². The lowest BCUT2D eigenvalue weighted by atomic mass is 9.89. The molecule has 0 fully saturated rings. The monoisotopic (exact) mass is 398 g/mol. The van der Waals surface area contributed by atoms with Crippen molar-refractivity contribution in [3.05, 3.63) is 95.6 Å². The topological polar surface area (TPSA) is 40.6 Å². The Labute approximate surface area is 177 Å². The van der Waals surface area contributed by atoms with Crippen molar-refractivity contribution in [2.75, 3.05) is 9.80 Å². The van der Waals surface area contributed by atoms with Crippen LogP contribution in [0, 0.1) is 6.92 Å². The quantitative estimate of drug-likeness (QED) is 0.582. The van der Waals surface area contributed by atoms with Crippen LogP contribution in [-0.2, 0) is 4.79 Å². The summed E-state index contributed by atoms with van der Waals surface area (Å²) in [5, 5.41) is 0. The number of para-hydroxylation sites is 1. The Bertz CT molecular complexity index is 1060. The molecule has 30 heavy (non-hydrogen) atoms. The summed E-state index contributed by atoms with van der Waals surface area (Å²) in [6, 6.07) is 25.1. The van der Waals surface area contributed by atoms with Crippen LogP contribution in [0.2, 0.25) is 0 Å². The summed E-state index contributed by atoms with van der Waals surface area (Å²) in [7, 11) is 0. The fourth-order valence-electron chi connectivity index (χ4n) is 4.34. The summed E-state index contributed by atoms with van der Waals surface area (Å²) in [5.74, 6) is -0.0209. The summed E-state index contributed by atoms with van der Waals surface area (Å²) in [4.78, 5) is 29.8. The van der Waals surface area contributed by atoms with E-state index >= 15 is 0 Å². The second-order valence-corrected chi connectivity index (χ2v) is 7.93. The minimum absolute atomic E-state index is 0.00584. The number of hydrogen-bond donors (Lipinski definition) is 0. The van der Waals surface area contributed by atoms with Crippen molar-refractivity contribution in [1.29, 1.82) is 0 Å². The van der Waals surface area contributed by atoms with Gasteiger partial charge in [-0.1, -0.05) is 54.1 Å². The average Bonchev–Trinajstić information content (AvgIpc) is 2.75. The van der Waals surface area contributed by atoms with Crippen LogP contribution in [-0.4, -0.2) is 17.9 Å². The number of benzene rings is 3. The number of carbonyl (C=O) groups excluding carboxylic acids is 2. The highest BCUT2D eigenvalue weighted by molar-refractivity contribution is 6.07. The molecule has 0 saturated carbocycles. The van der Waals surface area contributed by atoms with E-state index in [0.717, 1.165) is 22.5 Å². The first-order valence-electron chi connectivity index (χ1n) is 10.3. The average molecular weight is 399 g/mol. The van der Waals surface area contributed by atoms with Gasteiger partial charge in [0.25, 0.3) is 5.91 Å². The standard InChI is InChI=1S/C26H26N2O2/c1-18-13-15-22(16-14-18)28(20(3)29)25-17-19(2)27(24-12-8-7-11-23(24)25)26(30)21-9-5-4-6-10-21/h4-16,19,25H,17H2,1-3H3/t19-,25-/m1/s1. The highest BCUT2D eigenvalue weighted by atomic mass is 16.2. The van der Waals surface area contributed by atoms with Gasteiger partial charge in [-0.3, -0.25) is 9.59 Å². The SMILES string of the molecule is CC(=O)N(c1ccc(C)cc1)[C@@H]1C[C@@H](C)N(C(=O)c2ccccc2)c2ccccc21. The molecule has 2 atom stereocenters. The van der Waals surface area contributed by atoms with Gasteiger partial charge in [-0.25, -0.2) is 0 Å². The predicted octanol–water partition coefficient (Wildman–Crippen LogP) is 5.53. The number of nitrogens with zero attached hydrogens (tertiary/aromatic N) is 2. The number of anilines is 2. The number of carbonyl (C=O) groups is 2. The Morgan fingerprint density at radius 1 is 0.900 bits per heavy atom. The van der Waals surface area contributed by atoms with Crippen molar-refractivity contribution < 1.29 is 9.59 Å². The van der Waals surface area contributed by atoms with Crippen LogP contribution >= 0.6 is 0 Å². The summed E-state index contributed by atoms with van der Waals surface area (Å²) in [5.41, 5.74) is 4.56. The molecule has 0 aromatic heterocycles. The third-order valence-corrected chi connectivity index (χ3v) is 5.76. The molecule has 2 amide bonds. The molecule has 1 aliphatic rings. The molecule has 152 valence electrons. The van der Waals surface area contributed by atoms with E-state index in [-0.39, 0.29) is 23.9 Å². The lowest BCUT2D eigenvalue weighted by Crippen LogP contribution is -2.47. The third-order valence-electron chi connectivity index (χ3n) is 5.76. The van der Waals surface area contributed by atoms with Crippen LogP contribution < -0.4 is 9.80 Å². The molecule has 0 N–H and O–H groups in total. The molecule has 0 unspecified atom stereocenters. The first-order chi connectivity index (χ1) is 14.5. The molecule has 4 heteroatoms. The van der Waals surface area contributed by atoms with E-state index in [2.05, 4.69) is 6.92 Å². The number of fused-ring (bicyclic) bond motifs is 1. The Kier molecular flexibility index (Phi) is 5.40. The molecule has 4 rings (SSSR count). The van der Waals surface area contributed by atoms with Crippen LogP contribution in [0.15, 0.2) is 78.9 Å². The van der Waals surface area contributed by atoms with Gasteiger partial charge in [0, 0.05) is 29.9 Å². The molecule has 3 aromatic rings. The van der Waals surface area contributed by atoms with Crippen LogP contribution in [0.25, 0.3) is 0 Å². The molecule has 0 aliphatic carbocycles. The van der Waals surface area contributed by atoms with Crippen molar-refractivity contribution in [1.82, 2.24) is 0 Å². The zero-order valence-electron chi connectivity index (χ0n) is 17.6. The van der Waals surface area contributed by atoms with Crippen molar-refractivity contribution in [3.8, 4) is 0 Å². The van der Waals surface area contributed by atoms with E-state index in [1.807, 2.05) is 95.6 Å². The second kappa shape index (κ2) is 8.15. The fourth-order valence-corrected chi connectivity index (χ4v) is 4.34. The maximum atomic E-state index is 13.3. The molecule has 3 aromatic carbocycles. The van der Waals surface area contributed by atoms with E-state index in [0.29, 0.717) is 12.0 Å². The molecule has 1 heterocycles. The van der Waals surface area contributed by atoms with Crippen LogP contribution in [0.1, 0.15) is 47.8 Å². The number of amides is 2. The highest BCUT2D eigenvalue weighted by Gasteiger charge is 2.37. The molecule has 4 nitrogen and oxygen atoms in total. The van der Waals surface area contributed by atoms with Crippen molar-refractivity contribution in [2.45, 2.75) is 39.3 Å². The van der Waals surface area contributed by atoms with Gasteiger partial charge in [0.1, 0.15) is 0 Å². The smallest absolute Gasteiger partial charge is 0.258 e. The minimum atomic E-state index is -0.128. The van der Waals surface area contributed by atoms with Gasteiger partial charge < -0.3 is 9.80 Å². The number of rotatable bonds is 3. The molecule has 0 radical (unpaired) electrons. The summed E-state index contributed by atoms with van der Waals surface area (Å²) >= 11 is 0. The number of hydrogen-bond acceptors (Lipinski definition) is 2. The third kappa shape index (κ3) is 3.61. The first-order valence-corrected chi connectivity index (χ1v) is 10.3. The van der Waals surface area contributed by atoms with Gasteiger partial charge in [-0.15, -0.1) is 0 Å². The summed E-state index contributed by atoms with van der Waals surface area (Å²) in [6.45, 7) is 5.69. The van der Waals surface area contributed by atoms with Gasteiger partial charge in [0.15, 0.2) is 0 Å². The van der Waals surface area contributed by atoms with Crippen molar-refractivity contribution in [2.24, 2.45) is 0 Å². The first kappa shape index (κ1) is 19.9. The highest BCUT2D eigenvalue weighted by Crippen LogP contribution is 2.42. The van der Waals surface area contributed by atoms with E-state index in [9.17, 15) is 9.59 Å². The summed E-state index contributed by atoms with van der Waals surface area (Å²) in [6.07, 6.45) is 0.670. The van der Waals surface area contributed by atoms with E-state index in [1.165, 1.54) is 0 Å². The normalized spacial score (nSPS) is 17.9. The molecular formula is C26H26N2O2. The molecule has 0 spiro atoms. The minimum Gasteiger partial charge on any atom is -0.305 e. The largest absolute Gasteiger partial charge is 0.305 e. The van der Waals surface area contributed by atoms with Gasteiger partial charge in [-0.2, -0.15) is 0 Å². The second-order valence-electron chi connectivity index (χ2n) is 7.93. The van der Waals surface area contributed by atoms with Crippen LogP contribution in [0.3, 0.4) is 0 Å². The Morgan fingerprint density at radius 2 is 1.53 bits per heavy atom. The van der Waals surface area contributed by atoms with Gasteiger partial charge in [0.2, 0.25) is 5.91 Å². The zero-order valence-corrected chi connectivity index (χ0v) is 17.6. The molecule has 1 aliphatic heterocycles. The van der Waals surface area contributed by atoms with E-state index in [1.54, 1.807) is 6.92 Å². The Hall–Kier alpha value is -3.40. The maximum Gasteiger partial charge on any atom is 0.258 e. The Morgan fingerprint density at radius 3 is 2.20 bits per heavy atom. The van der Waals surface area contributed by atoms with Gasteiger partial charge in [-0.05, 0) is 56.2 Å². The fraction of sp³-hybridized carbons (Fsp3) is 0.231. The summed E-state index contributed by atoms with van der Waals surface area (Å²) < 4.78 is 0. The molecule has 0 saturated heterocycles. The van der Waals surface area contributed by atoms with E-state index < -0.39 is 0 Å². The molecular weight excluding hydrogens is 372 g/mol. The lowest BCUT2D eigenvalue weighted by Gasteiger charge is -2.43. The van der Waals surface area contributed by atoms with Crippen molar-refractivity contribution >= 4 is 23.2 Å². The molecule has 0 bridgehead atoms. The lowest BCUT2D eigenvalue weighted by molar-refractivity contribution is -0.117. The van der Waals surface area contributed by atoms with Gasteiger partial charge in [0.05, 0.1) is 6.04 Å². The predicted molar refractivity (Wildman–Crippen MR) is 121 cm³/mol. The number of aryl methyl sites for hydroxylation is 1. The van der Waals surface area contributed by atoms with Crippen molar-refractivity contribution in [3.63, 3.8) is 0 Å². The maximum absolute atomic E-state index is 13.3. The van der Waals surface area contributed by atoms with Gasteiger partial charge >= 0.3 is 0 Å². The Balaban J connectivity index is 1.78.